The van der Waals surface area contributed by atoms with E-state index in [2.05, 4.69) is 17.0 Å². The van der Waals surface area contributed by atoms with E-state index >= 15 is 0 Å². The van der Waals surface area contributed by atoms with Gasteiger partial charge in [-0.2, -0.15) is 5.10 Å². The van der Waals surface area contributed by atoms with E-state index in [1.165, 1.54) is 12.3 Å². The maximum Gasteiger partial charge on any atom is 0.412 e. The summed E-state index contributed by atoms with van der Waals surface area (Å²) in [4.78, 5) is 11.4. The summed E-state index contributed by atoms with van der Waals surface area (Å²) in [5, 5.41) is 5.83. The van der Waals surface area contributed by atoms with E-state index in [1.54, 1.807) is 20.8 Å². The monoisotopic (exact) mass is 245 g/mol. The zero-order valence-corrected chi connectivity index (χ0v) is 10.3. The number of nitrogens with zero attached hydrogens (tertiary/aromatic N) is 1. The van der Waals surface area contributed by atoms with Gasteiger partial charge in [0.2, 0.25) is 0 Å². The van der Waals surface area contributed by atoms with Crippen LogP contribution in [0.2, 0.25) is 0 Å². The van der Waals surface area contributed by atoms with Crippen LogP contribution in [-0.2, 0) is 4.74 Å². The van der Waals surface area contributed by atoms with Crippen molar-refractivity contribution in [2.45, 2.75) is 26.4 Å². The zero-order chi connectivity index (χ0) is 12.8. The molecule has 0 aromatic heterocycles. The van der Waals surface area contributed by atoms with Crippen LogP contribution in [0.25, 0.3) is 0 Å². The van der Waals surface area contributed by atoms with Crippen LogP contribution < -0.4 is 11.2 Å². The minimum Gasteiger partial charge on any atom is -0.444 e. The van der Waals surface area contributed by atoms with Crippen molar-refractivity contribution in [3.63, 3.8) is 0 Å². The van der Waals surface area contributed by atoms with Crippen molar-refractivity contribution in [2.75, 3.05) is 0 Å². The van der Waals surface area contributed by atoms with E-state index in [0.29, 0.717) is 0 Å². The summed E-state index contributed by atoms with van der Waals surface area (Å²) >= 11 is 5.66. The van der Waals surface area contributed by atoms with E-state index in [1.807, 2.05) is 0 Å². The number of nitrogens with two attached hydrogens (primary N) is 1. The maximum atomic E-state index is 11.4. The second-order valence-corrected chi connectivity index (χ2v) is 4.37. The Balaban J connectivity index is 4.54. The number of ether oxygens (including phenoxy) is 1. The smallest absolute Gasteiger partial charge is 0.412 e. The molecule has 0 bridgehead atoms. The topological polar surface area (TPSA) is 76.7 Å². The molecular formula is C10H16ClN3O2. The standard InChI is InChI=1S/C10H16ClN3O2/c1-7(11)8(5-6-13-12)14-9(15)16-10(2,3)4/h5-6H,1,12H2,2-4H3,(H,14,15)/b8-5+,13-6?. The molecular weight excluding hydrogens is 230 g/mol. The molecule has 5 nitrogen and oxygen atoms in total. The molecule has 3 N–H and O–H groups in total. The van der Waals surface area contributed by atoms with E-state index in [4.69, 9.17) is 22.2 Å². The number of rotatable bonds is 3. The Hall–Kier alpha value is -1.49. The van der Waals surface area contributed by atoms with Crippen molar-refractivity contribution < 1.29 is 9.53 Å². The third-order valence-corrected chi connectivity index (χ3v) is 1.46. The Morgan fingerprint density at radius 3 is 2.50 bits per heavy atom. The molecule has 6 heteroatoms. The quantitative estimate of drug-likeness (QED) is 0.346. The molecule has 0 atom stereocenters. The summed E-state index contributed by atoms with van der Waals surface area (Å²) in [6.07, 6.45) is 2.07. The summed E-state index contributed by atoms with van der Waals surface area (Å²) in [5.41, 5.74) is -0.296. The summed E-state index contributed by atoms with van der Waals surface area (Å²) in [7, 11) is 0. The first-order valence-electron chi connectivity index (χ1n) is 4.54. The fourth-order valence-electron chi connectivity index (χ4n) is 0.731. The van der Waals surface area contributed by atoms with Gasteiger partial charge in [-0.15, -0.1) is 0 Å². The molecule has 0 fully saturated rings. The SMILES string of the molecule is C=C(Cl)/C(=C\C=NN)NC(=O)OC(C)(C)C. The van der Waals surface area contributed by atoms with Gasteiger partial charge in [0.05, 0.1) is 10.7 Å². The van der Waals surface area contributed by atoms with Gasteiger partial charge in [-0.3, -0.25) is 5.32 Å². The van der Waals surface area contributed by atoms with Crippen LogP contribution in [0.15, 0.2) is 28.5 Å². The zero-order valence-electron chi connectivity index (χ0n) is 9.58. The van der Waals surface area contributed by atoms with Gasteiger partial charge in [0.15, 0.2) is 0 Å². The number of halogens is 1. The third kappa shape index (κ3) is 6.89. The van der Waals surface area contributed by atoms with E-state index in [9.17, 15) is 4.79 Å². The third-order valence-electron chi connectivity index (χ3n) is 1.26. The second-order valence-electron chi connectivity index (χ2n) is 3.91. The van der Waals surface area contributed by atoms with Crippen molar-refractivity contribution in [1.82, 2.24) is 5.32 Å². The second kappa shape index (κ2) is 6.17. The maximum absolute atomic E-state index is 11.4. The average molecular weight is 246 g/mol. The van der Waals surface area contributed by atoms with Crippen molar-refractivity contribution in [1.29, 1.82) is 0 Å². The van der Waals surface area contributed by atoms with Crippen LogP contribution in [0, 0.1) is 0 Å². The van der Waals surface area contributed by atoms with E-state index < -0.39 is 11.7 Å². The largest absolute Gasteiger partial charge is 0.444 e. The number of hydrogen-bond acceptors (Lipinski definition) is 4. The predicted molar refractivity (Wildman–Crippen MR) is 65.1 cm³/mol. The van der Waals surface area contributed by atoms with Gasteiger partial charge < -0.3 is 10.6 Å². The van der Waals surface area contributed by atoms with E-state index in [0.717, 1.165) is 0 Å². The first-order chi connectivity index (χ1) is 7.26. The first kappa shape index (κ1) is 14.5. The number of hydrogen-bond donors (Lipinski definition) is 2. The molecule has 0 spiro atoms. The minimum absolute atomic E-state index is 0.158. The molecule has 16 heavy (non-hydrogen) atoms. The lowest BCUT2D eigenvalue weighted by Crippen LogP contribution is -2.32. The lowest BCUT2D eigenvalue weighted by molar-refractivity contribution is 0.0548. The number of carbonyl (C=O) groups is 1. The highest BCUT2D eigenvalue weighted by molar-refractivity contribution is 6.31. The Kier molecular flexibility index (Phi) is 5.60. The van der Waals surface area contributed by atoms with Gasteiger partial charge in [-0.25, -0.2) is 4.79 Å². The molecule has 0 radical (unpaired) electrons. The Bertz CT molecular complexity index is 329. The minimum atomic E-state index is -0.619. The highest BCUT2D eigenvalue weighted by Crippen LogP contribution is 2.11. The Morgan fingerprint density at radius 1 is 1.56 bits per heavy atom. The molecule has 90 valence electrons. The molecule has 0 saturated heterocycles. The summed E-state index contributed by atoms with van der Waals surface area (Å²) in [6.45, 7) is 8.75. The summed E-state index contributed by atoms with van der Waals surface area (Å²) in [5.74, 6) is 4.92. The number of nitrogens with one attached hydrogen (secondary N) is 1. The molecule has 0 aromatic rings. The highest BCUT2D eigenvalue weighted by Gasteiger charge is 2.17. The van der Waals surface area contributed by atoms with Gasteiger partial charge in [0.25, 0.3) is 0 Å². The number of carbonyl (C=O) groups excluding carboxylic acids is 1. The summed E-state index contributed by atoms with van der Waals surface area (Å²) < 4.78 is 5.03. The molecule has 0 unspecified atom stereocenters. The Morgan fingerprint density at radius 2 is 2.12 bits per heavy atom. The molecule has 0 aliphatic heterocycles. The molecule has 1 amide bonds. The summed E-state index contributed by atoms with van der Waals surface area (Å²) in [6, 6.07) is 0. The fourth-order valence-corrected chi connectivity index (χ4v) is 0.841. The highest BCUT2D eigenvalue weighted by atomic mass is 35.5. The number of alkyl carbamates (subject to hydrolysis) is 1. The lowest BCUT2D eigenvalue weighted by atomic mass is 10.2. The van der Waals surface area contributed by atoms with Gasteiger partial charge in [0, 0.05) is 6.21 Å². The van der Waals surface area contributed by atoms with E-state index in [-0.39, 0.29) is 10.7 Å². The number of amides is 1. The number of allylic oxidation sites excluding steroid dienone is 2. The molecule has 0 rings (SSSR count). The van der Waals surface area contributed by atoms with Crippen LogP contribution in [0.5, 0.6) is 0 Å². The molecule has 0 heterocycles. The van der Waals surface area contributed by atoms with Crippen molar-refractivity contribution >= 4 is 23.9 Å². The molecule has 0 aliphatic rings. The number of hydrazone groups is 1. The molecule has 0 aliphatic carbocycles. The fraction of sp³-hybridized carbons (Fsp3) is 0.400. The normalized spacial score (nSPS) is 12.6. The van der Waals surface area contributed by atoms with Gasteiger partial charge in [-0.05, 0) is 26.8 Å². The van der Waals surface area contributed by atoms with Crippen LogP contribution in [0.4, 0.5) is 4.79 Å². The predicted octanol–water partition coefficient (Wildman–Crippen LogP) is 2.09. The van der Waals surface area contributed by atoms with Gasteiger partial charge in [0.1, 0.15) is 5.60 Å². The van der Waals surface area contributed by atoms with Crippen LogP contribution in [0.1, 0.15) is 20.8 Å². The molecule has 0 aromatic carbocycles. The van der Waals surface area contributed by atoms with Crippen molar-refractivity contribution in [3.8, 4) is 0 Å². The van der Waals surface area contributed by atoms with Crippen LogP contribution >= 0.6 is 11.6 Å². The Labute approximate surface area is 100.0 Å². The van der Waals surface area contributed by atoms with Crippen molar-refractivity contribution in [2.24, 2.45) is 10.9 Å². The van der Waals surface area contributed by atoms with Crippen LogP contribution in [-0.4, -0.2) is 17.9 Å². The van der Waals surface area contributed by atoms with Crippen LogP contribution in [0.3, 0.4) is 0 Å². The molecule has 0 saturated carbocycles. The lowest BCUT2D eigenvalue weighted by Gasteiger charge is -2.20. The van der Waals surface area contributed by atoms with Crippen molar-refractivity contribution in [3.05, 3.63) is 23.4 Å². The first-order valence-corrected chi connectivity index (χ1v) is 4.92. The van der Waals surface area contributed by atoms with Gasteiger partial charge in [-0.1, -0.05) is 18.2 Å². The average Bonchev–Trinajstić information content (AvgIpc) is 2.08. The van der Waals surface area contributed by atoms with Gasteiger partial charge >= 0.3 is 6.09 Å².